The lowest BCUT2D eigenvalue weighted by Gasteiger charge is -2.20. The fourth-order valence-electron chi connectivity index (χ4n) is 3.66. The van der Waals surface area contributed by atoms with Crippen LogP contribution in [0.15, 0.2) is 4.52 Å². The summed E-state index contributed by atoms with van der Waals surface area (Å²) in [6.45, 7) is 4.66. The molecule has 2 aliphatic carbocycles. The first-order valence-electron chi connectivity index (χ1n) is 6.79. The van der Waals surface area contributed by atoms with Crippen LogP contribution in [-0.4, -0.2) is 23.2 Å². The van der Waals surface area contributed by atoms with Crippen molar-refractivity contribution < 1.29 is 4.52 Å². The summed E-state index contributed by atoms with van der Waals surface area (Å²) in [4.78, 5) is 4.66. The summed E-state index contributed by atoms with van der Waals surface area (Å²) in [7, 11) is 0. The van der Waals surface area contributed by atoms with E-state index in [1.165, 1.54) is 38.8 Å². The van der Waals surface area contributed by atoms with Crippen molar-refractivity contribution in [2.45, 2.75) is 43.9 Å². The van der Waals surface area contributed by atoms with Gasteiger partial charge in [-0.1, -0.05) is 12.1 Å². The first kappa shape index (κ1) is 10.1. The summed E-state index contributed by atoms with van der Waals surface area (Å²) in [5, 5.41) is 7.73. The molecule has 2 heterocycles. The van der Waals surface area contributed by atoms with Gasteiger partial charge in [0.05, 0.1) is 0 Å². The van der Waals surface area contributed by atoms with E-state index < -0.39 is 0 Å². The Balaban J connectivity index is 1.60. The molecule has 17 heavy (non-hydrogen) atoms. The van der Waals surface area contributed by atoms with E-state index in [-0.39, 0.29) is 5.41 Å². The van der Waals surface area contributed by atoms with Crippen LogP contribution < -0.4 is 5.32 Å². The lowest BCUT2D eigenvalue weighted by atomic mass is 9.86. The van der Waals surface area contributed by atoms with Gasteiger partial charge in [-0.15, -0.1) is 0 Å². The Morgan fingerprint density at radius 1 is 1.24 bits per heavy atom. The van der Waals surface area contributed by atoms with Crippen molar-refractivity contribution in [3.63, 3.8) is 0 Å². The molecule has 4 nitrogen and oxygen atoms in total. The minimum Gasteiger partial charge on any atom is -0.339 e. The van der Waals surface area contributed by atoms with Gasteiger partial charge in [-0.3, -0.25) is 0 Å². The molecule has 0 amide bonds. The van der Waals surface area contributed by atoms with Crippen LogP contribution in [0.5, 0.6) is 0 Å². The molecule has 1 N–H and O–H groups in total. The fraction of sp³-hybridized carbons (Fsp3) is 0.846. The number of rotatable bonds is 2. The molecule has 0 aromatic carbocycles. The molecule has 1 saturated heterocycles. The average Bonchev–Trinajstić information content (AvgIpc) is 2.74. The average molecular weight is 233 g/mol. The van der Waals surface area contributed by atoms with Crippen LogP contribution in [0.2, 0.25) is 0 Å². The van der Waals surface area contributed by atoms with E-state index in [2.05, 4.69) is 22.4 Å². The third-order valence-corrected chi connectivity index (χ3v) is 4.81. The van der Waals surface area contributed by atoms with Crippen LogP contribution in [0.1, 0.15) is 50.2 Å². The molecule has 4 rings (SSSR count). The lowest BCUT2D eigenvalue weighted by molar-refractivity contribution is 0.347. The van der Waals surface area contributed by atoms with Crippen molar-refractivity contribution in [1.29, 1.82) is 0 Å². The van der Waals surface area contributed by atoms with Crippen LogP contribution in [0.3, 0.4) is 0 Å². The predicted molar refractivity (Wildman–Crippen MR) is 62.7 cm³/mol. The third-order valence-electron chi connectivity index (χ3n) is 4.81. The van der Waals surface area contributed by atoms with E-state index in [4.69, 9.17) is 4.52 Å². The third kappa shape index (κ3) is 1.53. The van der Waals surface area contributed by atoms with E-state index in [1.54, 1.807) is 0 Å². The molecule has 1 aromatic heterocycles. The number of hydrogen-bond acceptors (Lipinski definition) is 4. The van der Waals surface area contributed by atoms with Crippen molar-refractivity contribution in [3.05, 3.63) is 11.7 Å². The summed E-state index contributed by atoms with van der Waals surface area (Å²) >= 11 is 0. The van der Waals surface area contributed by atoms with Gasteiger partial charge in [-0.05, 0) is 50.6 Å². The molecule has 3 fully saturated rings. The highest BCUT2D eigenvalue weighted by Gasteiger charge is 2.48. The van der Waals surface area contributed by atoms with E-state index >= 15 is 0 Å². The molecule has 4 heteroatoms. The number of fused-ring (bicyclic) bond motifs is 1. The van der Waals surface area contributed by atoms with Crippen LogP contribution >= 0.6 is 0 Å². The van der Waals surface area contributed by atoms with Gasteiger partial charge in [-0.2, -0.15) is 4.98 Å². The molecule has 1 aromatic rings. The number of aromatic nitrogens is 2. The molecular formula is C13H19N3O. The zero-order valence-corrected chi connectivity index (χ0v) is 10.3. The highest BCUT2D eigenvalue weighted by molar-refractivity contribution is 5.14. The summed E-state index contributed by atoms with van der Waals surface area (Å²) in [6.07, 6.45) is 4.89. The van der Waals surface area contributed by atoms with Crippen LogP contribution in [0.25, 0.3) is 0 Å². The maximum atomic E-state index is 5.41. The van der Waals surface area contributed by atoms with Crippen molar-refractivity contribution in [3.8, 4) is 0 Å². The van der Waals surface area contributed by atoms with E-state index in [1.807, 2.05) is 0 Å². The Bertz CT molecular complexity index is 426. The number of nitrogens with zero attached hydrogens (tertiary/aromatic N) is 2. The predicted octanol–water partition coefficient (Wildman–Crippen LogP) is 1.83. The molecule has 0 unspecified atom stereocenters. The summed E-state index contributed by atoms with van der Waals surface area (Å²) in [5.41, 5.74) is 0.161. The Labute approximate surface area is 101 Å². The largest absolute Gasteiger partial charge is 0.339 e. The zero-order chi connectivity index (χ0) is 11.5. The Morgan fingerprint density at radius 2 is 1.94 bits per heavy atom. The van der Waals surface area contributed by atoms with E-state index in [0.717, 1.165) is 23.6 Å². The maximum Gasteiger partial charge on any atom is 0.229 e. The van der Waals surface area contributed by atoms with E-state index in [0.29, 0.717) is 5.92 Å². The van der Waals surface area contributed by atoms with Gasteiger partial charge in [0.15, 0.2) is 5.82 Å². The summed E-state index contributed by atoms with van der Waals surface area (Å²) in [6, 6.07) is 0. The fourth-order valence-corrected chi connectivity index (χ4v) is 3.66. The van der Waals surface area contributed by atoms with Gasteiger partial charge < -0.3 is 9.84 Å². The van der Waals surface area contributed by atoms with Gasteiger partial charge in [0.1, 0.15) is 0 Å². The molecule has 0 bridgehead atoms. The zero-order valence-electron chi connectivity index (χ0n) is 10.3. The smallest absolute Gasteiger partial charge is 0.229 e. The van der Waals surface area contributed by atoms with Crippen molar-refractivity contribution in [2.75, 3.05) is 13.1 Å². The molecule has 0 radical (unpaired) electrons. The minimum atomic E-state index is 0.161. The summed E-state index contributed by atoms with van der Waals surface area (Å²) < 4.78 is 5.41. The van der Waals surface area contributed by atoms with E-state index in [9.17, 15) is 0 Å². The topological polar surface area (TPSA) is 51.0 Å². The molecule has 2 saturated carbocycles. The molecule has 3 atom stereocenters. The molecule has 3 aliphatic rings. The number of nitrogens with one attached hydrogen (secondary N) is 1. The number of hydrogen-bond donors (Lipinski definition) is 1. The second-order valence-corrected chi connectivity index (χ2v) is 6.38. The van der Waals surface area contributed by atoms with Crippen molar-refractivity contribution in [1.82, 2.24) is 15.5 Å². The van der Waals surface area contributed by atoms with Crippen LogP contribution in [-0.2, 0) is 5.41 Å². The van der Waals surface area contributed by atoms with Crippen molar-refractivity contribution in [2.24, 2.45) is 11.8 Å². The van der Waals surface area contributed by atoms with Crippen LogP contribution in [0.4, 0.5) is 0 Å². The second kappa shape index (κ2) is 3.31. The monoisotopic (exact) mass is 233 g/mol. The van der Waals surface area contributed by atoms with Crippen molar-refractivity contribution >= 4 is 0 Å². The lowest BCUT2D eigenvalue weighted by Crippen LogP contribution is -2.24. The maximum absolute atomic E-state index is 5.41. The Hall–Kier alpha value is -0.900. The SMILES string of the molecule is C[C@]1(c2noc(C3CC3)n2)C[C@H]2CNC[C@H]2C1. The molecular weight excluding hydrogens is 214 g/mol. The second-order valence-electron chi connectivity index (χ2n) is 6.38. The van der Waals surface area contributed by atoms with Gasteiger partial charge in [0.25, 0.3) is 0 Å². The Morgan fingerprint density at radius 3 is 2.59 bits per heavy atom. The Kier molecular flexibility index (Phi) is 1.96. The first-order valence-corrected chi connectivity index (χ1v) is 6.79. The van der Waals surface area contributed by atoms with Gasteiger partial charge in [-0.25, -0.2) is 0 Å². The molecule has 0 spiro atoms. The highest BCUT2D eigenvalue weighted by Crippen LogP contribution is 2.48. The standard InChI is InChI=1S/C13H19N3O/c1-13(4-9-6-14-7-10(9)5-13)12-15-11(17-16-12)8-2-3-8/h8-10,14H,2-7H2,1H3/t9-,10+,13-. The quantitative estimate of drug-likeness (QED) is 0.846. The van der Waals surface area contributed by atoms with Gasteiger partial charge >= 0.3 is 0 Å². The van der Waals surface area contributed by atoms with Gasteiger partial charge in [0.2, 0.25) is 5.89 Å². The molecule has 1 aliphatic heterocycles. The summed E-state index contributed by atoms with van der Waals surface area (Å²) in [5.74, 6) is 4.07. The normalized spacial score (nSPS) is 40.8. The van der Waals surface area contributed by atoms with Crippen LogP contribution in [0, 0.1) is 11.8 Å². The molecule has 92 valence electrons. The minimum absolute atomic E-state index is 0.161. The van der Waals surface area contributed by atoms with Gasteiger partial charge in [0, 0.05) is 11.3 Å². The highest BCUT2D eigenvalue weighted by atomic mass is 16.5. The first-order chi connectivity index (χ1) is 8.24.